The van der Waals surface area contributed by atoms with Crippen molar-refractivity contribution in [2.75, 3.05) is 13.7 Å². The van der Waals surface area contributed by atoms with Crippen molar-refractivity contribution < 1.29 is 19.2 Å². The van der Waals surface area contributed by atoms with Crippen molar-refractivity contribution in [3.63, 3.8) is 0 Å². The summed E-state index contributed by atoms with van der Waals surface area (Å²) in [5, 5.41) is 14.1. The number of hydrogen-bond donors (Lipinski definition) is 1. The number of rotatable bonds is 10. The van der Waals surface area contributed by atoms with Gasteiger partial charge in [-0.3, -0.25) is 14.9 Å². The normalized spacial score (nSPS) is 11.8. The highest BCUT2D eigenvalue weighted by molar-refractivity contribution is 5.79. The first-order valence-corrected chi connectivity index (χ1v) is 9.65. The van der Waals surface area contributed by atoms with Crippen LogP contribution in [-0.4, -0.2) is 30.6 Å². The Morgan fingerprint density at radius 1 is 1.10 bits per heavy atom. The third-order valence-corrected chi connectivity index (χ3v) is 4.52. The molecule has 156 valence electrons. The van der Waals surface area contributed by atoms with Gasteiger partial charge in [0.1, 0.15) is 11.5 Å². The molecule has 0 aliphatic carbocycles. The molecule has 7 nitrogen and oxygen atoms in total. The van der Waals surface area contributed by atoms with Crippen LogP contribution >= 0.6 is 0 Å². The van der Waals surface area contributed by atoms with Gasteiger partial charge in [0.05, 0.1) is 12.0 Å². The van der Waals surface area contributed by atoms with Crippen molar-refractivity contribution in [2.45, 2.75) is 39.7 Å². The molecule has 0 unspecified atom stereocenters. The number of amides is 1. The first-order valence-electron chi connectivity index (χ1n) is 9.65. The fourth-order valence-electron chi connectivity index (χ4n) is 2.87. The second-order valence-electron chi connectivity index (χ2n) is 7.39. The van der Waals surface area contributed by atoms with Crippen LogP contribution in [0.25, 0.3) is 11.1 Å². The first kappa shape index (κ1) is 22.2. The summed E-state index contributed by atoms with van der Waals surface area (Å²) in [6.45, 7) is 6.10. The van der Waals surface area contributed by atoms with Crippen LogP contribution in [0.5, 0.6) is 11.5 Å². The summed E-state index contributed by atoms with van der Waals surface area (Å²) in [4.78, 5) is 22.9. The maximum Gasteiger partial charge on any atom is 0.270 e. The molecule has 0 spiro atoms. The minimum absolute atomic E-state index is 0.0464. The van der Waals surface area contributed by atoms with Gasteiger partial charge in [-0.15, -0.1) is 0 Å². The van der Waals surface area contributed by atoms with Gasteiger partial charge >= 0.3 is 0 Å². The Balaban J connectivity index is 2.13. The zero-order valence-corrected chi connectivity index (χ0v) is 17.3. The molecular weight excluding hydrogens is 372 g/mol. The van der Waals surface area contributed by atoms with E-state index >= 15 is 0 Å². The van der Waals surface area contributed by atoms with Crippen LogP contribution in [0.1, 0.15) is 33.6 Å². The lowest BCUT2D eigenvalue weighted by Crippen LogP contribution is -2.36. The van der Waals surface area contributed by atoms with Crippen LogP contribution in [0.4, 0.5) is 5.69 Å². The fourth-order valence-corrected chi connectivity index (χ4v) is 2.87. The van der Waals surface area contributed by atoms with E-state index in [1.165, 1.54) is 18.2 Å². The van der Waals surface area contributed by atoms with E-state index in [1.54, 1.807) is 31.4 Å². The lowest BCUT2D eigenvalue weighted by atomic mass is 10.0. The van der Waals surface area contributed by atoms with Gasteiger partial charge in [-0.05, 0) is 49.4 Å². The van der Waals surface area contributed by atoms with E-state index in [-0.39, 0.29) is 24.2 Å². The van der Waals surface area contributed by atoms with Crippen LogP contribution in [0.3, 0.4) is 0 Å². The highest BCUT2D eigenvalue weighted by Gasteiger charge is 2.15. The summed E-state index contributed by atoms with van der Waals surface area (Å²) in [6.07, 6.45) is 1.93. The monoisotopic (exact) mass is 400 g/mol. The molecule has 2 aromatic rings. The zero-order chi connectivity index (χ0) is 21.4. The van der Waals surface area contributed by atoms with Gasteiger partial charge in [0, 0.05) is 23.7 Å². The van der Waals surface area contributed by atoms with E-state index in [1.807, 2.05) is 6.92 Å². The molecular formula is C22H28N2O5. The van der Waals surface area contributed by atoms with Crippen molar-refractivity contribution in [1.29, 1.82) is 0 Å². The van der Waals surface area contributed by atoms with E-state index in [2.05, 4.69) is 19.2 Å². The van der Waals surface area contributed by atoms with Crippen LogP contribution in [-0.2, 0) is 4.79 Å². The van der Waals surface area contributed by atoms with Gasteiger partial charge in [-0.2, -0.15) is 0 Å². The molecule has 1 atom stereocenters. The number of nitrogens with one attached hydrogen (secondary N) is 1. The molecule has 2 rings (SSSR count). The SMILES string of the molecule is COc1ccc(-c2cc([N+](=O)[O-])ccc2OCC(=O)N[C@H](C)CCC(C)C)cc1. The van der Waals surface area contributed by atoms with Crippen molar-refractivity contribution in [3.8, 4) is 22.6 Å². The van der Waals surface area contributed by atoms with E-state index in [0.717, 1.165) is 18.4 Å². The molecule has 1 N–H and O–H groups in total. The number of ether oxygens (including phenoxy) is 2. The Morgan fingerprint density at radius 2 is 1.79 bits per heavy atom. The molecule has 0 aromatic heterocycles. The van der Waals surface area contributed by atoms with Crippen LogP contribution < -0.4 is 14.8 Å². The standard InChI is InChI=1S/C22H28N2O5/c1-15(2)5-6-16(3)23-22(25)14-29-21-12-9-18(24(26)27)13-20(21)17-7-10-19(28-4)11-8-17/h7-13,15-16H,5-6,14H2,1-4H3,(H,23,25)/t16-/m1/s1. The van der Waals surface area contributed by atoms with Crippen LogP contribution in [0.2, 0.25) is 0 Å². The number of nitro benzene ring substituents is 1. The van der Waals surface area contributed by atoms with E-state index in [9.17, 15) is 14.9 Å². The smallest absolute Gasteiger partial charge is 0.270 e. The third kappa shape index (κ3) is 6.78. The van der Waals surface area contributed by atoms with Gasteiger partial charge in [0.15, 0.2) is 6.61 Å². The van der Waals surface area contributed by atoms with Crippen molar-refractivity contribution >= 4 is 11.6 Å². The lowest BCUT2D eigenvalue weighted by Gasteiger charge is -2.16. The number of nitro groups is 1. The average Bonchev–Trinajstić information content (AvgIpc) is 2.70. The average molecular weight is 400 g/mol. The summed E-state index contributed by atoms with van der Waals surface area (Å²) in [6, 6.07) is 11.5. The van der Waals surface area contributed by atoms with Gasteiger partial charge < -0.3 is 14.8 Å². The minimum Gasteiger partial charge on any atom is -0.497 e. The molecule has 0 aliphatic heterocycles. The maximum absolute atomic E-state index is 12.2. The Kier molecular flexibility index (Phi) is 8.00. The maximum atomic E-state index is 12.2. The number of carbonyl (C=O) groups excluding carboxylic acids is 1. The molecule has 7 heteroatoms. The number of carbonyl (C=O) groups is 1. The van der Waals surface area contributed by atoms with Gasteiger partial charge in [-0.25, -0.2) is 0 Å². The molecule has 0 aliphatic rings. The largest absolute Gasteiger partial charge is 0.497 e. The topological polar surface area (TPSA) is 90.7 Å². The second kappa shape index (κ2) is 10.5. The van der Waals surface area contributed by atoms with E-state index in [0.29, 0.717) is 23.0 Å². The number of methoxy groups -OCH3 is 1. The predicted octanol–water partition coefficient (Wildman–Crippen LogP) is 4.59. The van der Waals surface area contributed by atoms with Crippen molar-refractivity contribution in [2.24, 2.45) is 5.92 Å². The summed E-state index contributed by atoms with van der Waals surface area (Å²) in [5.41, 5.74) is 1.23. The molecule has 2 aromatic carbocycles. The van der Waals surface area contributed by atoms with Gasteiger partial charge in [0.25, 0.3) is 11.6 Å². The van der Waals surface area contributed by atoms with Gasteiger partial charge in [0.2, 0.25) is 0 Å². The van der Waals surface area contributed by atoms with Gasteiger partial charge in [-0.1, -0.05) is 26.0 Å². The van der Waals surface area contributed by atoms with Crippen LogP contribution in [0, 0.1) is 16.0 Å². The van der Waals surface area contributed by atoms with Crippen LogP contribution in [0.15, 0.2) is 42.5 Å². The van der Waals surface area contributed by atoms with E-state index < -0.39 is 4.92 Å². The number of non-ortho nitro benzene ring substituents is 1. The highest BCUT2D eigenvalue weighted by atomic mass is 16.6. The van der Waals surface area contributed by atoms with Crippen molar-refractivity contribution in [3.05, 3.63) is 52.6 Å². The lowest BCUT2D eigenvalue weighted by molar-refractivity contribution is -0.384. The van der Waals surface area contributed by atoms with Crippen molar-refractivity contribution in [1.82, 2.24) is 5.32 Å². The molecule has 0 saturated heterocycles. The Morgan fingerprint density at radius 3 is 2.38 bits per heavy atom. The number of nitrogens with zero attached hydrogens (tertiary/aromatic N) is 1. The predicted molar refractivity (Wildman–Crippen MR) is 112 cm³/mol. The second-order valence-corrected chi connectivity index (χ2v) is 7.39. The Hall–Kier alpha value is -3.09. The molecule has 0 fully saturated rings. The summed E-state index contributed by atoms with van der Waals surface area (Å²) < 4.78 is 10.9. The molecule has 1 amide bonds. The summed E-state index contributed by atoms with van der Waals surface area (Å²) in [7, 11) is 1.57. The zero-order valence-electron chi connectivity index (χ0n) is 17.3. The quantitative estimate of drug-likeness (QED) is 0.465. The Labute approximate surface area is 171 Å². The minimum atomic E-state index is -0.458. The molecule has 29 heavy (non-hydrogen) atoms. The first-order chi connectivity index (χ1) is 13.8. The molecule has 0 saturated carbocycles. The molecule has 0 radical (unpaired) electrons. The highest BCUT2D eigenvalue weighted by Crippen LogP contribution is 2.34. The summed E-state index contributed by atoms with van der Waals surface area (Å²) >= 11 is 0. The van der Waals surface area contributed by atoms with E-state index in [4.69, 9.17) is 9.47 Å². The summed E-state index contributed by atoms with van der Waals surface area (Å²) in [5.74, 6) is 1.44. The number of benzene rings is 2. The number of hydrogen-bond acceptors (Lipinski definition) is 5. The Bertz CT molecular complexity index is 834. The molecule has 0 bridgehead atoms. The third-order valence-electron chi connectivity index (χ3n) is 4.52. The fraction of sp³-hybridized carbons (Fsp3) is 0.409. The molecule has 0 heterocycles.